The van der Waals surface area contributed by atoms with Crippen molar-refractivity contribution >= 4 is 23.2 Å². The van der Waals surface area contributed by atoms with Crippen LogP contribution in [-0.2, 0) is 6.16 Å². The predicted molar refractivity (Wildman–Crippen MR) is 128 cm³/mol. The highest BCUT2D eigenvalue weighted by Crippen LogP contribution is 2.59. The summed E-state index contributed by atoms with van der Waals surface area (Å²) in [5.74, 6) is 2.16. The average molecular weight is 507 g/mol. The van der Waals surface area contributed by atoms with Crippen LogP contribution in [0, 0.1) is 0 Å². The van der Waals surface area contributed by atoms with E-state index in [1.165, 1.54) is 21.5 Å². The van der Waals surface area contributed by atoms with E-state index in [2.05, 4.69) is 103 Å². The summed E-state index contributed by atoms with van der Waals surface area (Å²) in [6.07, 6.45) is 0.859. The van der Waals surface area contributed by atoms with Gasteiger partial charge in [0.15, 0.2) is 11.5 Å². The van der Waals surface area contributed by atoms with Gasteiger partial charge in [-0.25, -0.2) is 0 Å². The van der Waals surface area contributed by atoms with Gasteiger partial charge in [0, 0.05) is 0 Å². The maximum atomic E-state index is 5.72. The van der Waals surface area contributed by atoms with Gasteiger partial charge in [-0.05, 0) is 54.1 Å². The first-order valence-electron chi connectivity index (χ1n) is 10.3. The molecule has 0 N–H and O–H groups in total. The first-order valence-corrected chi connectivity index (χ1v) is 12.3. The Bertz CT molecular complexity index is 1070. The highest BCUT2D eigenvalue weighted by atomic mass is 79.9. The molecule has 3 nitrogen and oxygen atoms in total. The number of methoxy groups -OCH3 is 1. The first-order chi connectivity index (χ1) is 15.3. The molecule has 0 saturated heterocycles. The van der Waals surface area contributed by atoms with E-state index in [4.69, 9.17) is 14.2 Å². The second-order valence-corrected chi connectivity index (χ2v) is 11.0. The Balaban J connectivity index is 0.00000245. The van der Waals surface area contributed by atoms with Crippen LogP contribution < -0.4 is 47.1 Å². The number of hydrogen-bond donors (Lipinski definition) is 0. The quantitative estimate of drug-likeness (QED) is 0.374. The second-order valence-electron chi connectivity index (χ2n) is 7.51. The summed E-state index contributed by atoms with van der Waals surface area (Å²) in [6.45, 7) is 0.228. The summed E-state index contributed by atoms with van der Waals surface area (Å²) in [5, 5.41) is 4.05. The van der Waals surface area contributed by atoms with Crippen LogP contribution in [0.2, 0.25) is 0 Å². The van der Waals surface area contributed by atoms with E-state index in [1.807, 2.05) is 0 Å². The van der Waals surface area contributed by atoms with Crippen LogP contribution in [0.1, 0.15) is 5.56 Å². The van der Waals surface area contributed by atoms with E-state index in [9.17, 15) is 0 Å². The molecular weight excluding hydrogens is 483 g/mol. The van der Waals surface area contributed by atoms with E-state index in [0.717, 1.165) is 17.7 Å². The molecule has 0 saturated carbocycles. The van der Waals surface area contributed by atoms with Crippen LogP contribution in [0.4, 0.5) is 0 Å². The summed E-state index contributed by atoms with van der Waals surface area (Å²) in [7, 11) is -0.307. The van der Waals surface area contributed by atoms with Gasteiger partial charge < -0.3 is 31.2 Å². The van der Waals surface area contributed by atoms with Gasteiger partial charge in [0.25, 0.3) is 0 Å². The Hall–Kier alpha value is -2.81. The Morgan fingerprint density at radius 2 is 1.22 bits per heavy atom. The Morgan fingerprint density at radius 3 is 1.69 bits per heavy atom. The van der Waals surface area contributed by atoms with Gasteiger partial charge in [0.1, 0.15) is 23.2 Å². The molecule has 0 aromatic heterocycles. The van der Waals surface area contributed by atoms with Crippen molar-refractivity contribution in [2.75, 3.05) is 13.9 Å². The molecule has 5 rings (SSSR count). The zero-order chi connectivity index (χ0) is 21.1. The average Bonchev–Trinajstić information content (AvgIpc) is 3.32. The Kier molecular flexibility index (Phi) is 6.83. The maximum Gasteiger partial charge on any atom is 0.231 e. The van der Waals surface area contributed by atoms with Crippen LogP contribution in [-0.4, -0.2) is 13.9 Å². The van der Waals surface area contributed by atoms with Crippen molar-refractivity contribution in [3.63, 3.8) is 0 Å². The molecule has 0 radical (unpaired) electrons. The number of benzene rings is 4. The monoisotopic (exact) mass is 506 g/mol. The summed E-state index contributed by atoms with van der Waals surface area (Å²) in [4.78, 5) is 0. The summed E-state index contributed by atoms with van der Waals surface area (Å²) in [6, 6.07) is 36.8. The fourth-order valence-electron chi connectivity index (χ4n) is 4.32. The predicted octanol–water partition coefficient (Wildman–Crippen LogP) is 1.92. The molecule has 0 spiro atoms. The largest absolute Gasteiger partial charge is 1.00 e. The summed E-state index contributed by atoms with van der Waals surface area (Å²) >= 11 is 0. The minimum absolute atomic E-state index is 0. The van der Waals surface area contributed by atoms with E-state index in [1.54, 1.807) is 7.11 Å². The molecule has 4 aromatic carbocycles. The first kappa shape index (κ1) is 22.4. The molecule has 0 amide bonds. The fourth-order valence-corrected chi connectivity index (χ4v) is 8.53. The molecule has 162 valence electrons. The van der Waals surface area contributed by atoms with Gasteiger partial charge >= 0.3 is 0 Å². The minimum atomic E-state index is -1.98. The van der Waals surface area contributed by atoms with Gasteiger partial charge in [0.2, 0.25) is 12.5 Å². The van der Waals surface area contributed by atoms with Crippen molar-refractivity contribution in [2.24, 2.45) is 0 Å². The molecule has 4 aromatic rings. The second kappa shape index (κ2) is 9.77. The molecule has 0 aliphatic carbocycles. The van der Waals surface area contributed by atoms with Crippen molar-refractivity contribution < 1.29 is 31.2 Å². The molecule has 0 fully saturated rings. The van der Waals surface area contributed by atoms with Gasteiger partial charge in [-0.2, -0.15) is 0 Å². The van der Waals surface area contributed by atoms with E-state index in [-0.39, 0.29) is 23.8 Å². The normalized spacial score (nSPS) is 12.2. The number of fused-ring (bicyclic) bond motifs is 1. The van der Waals surface area contributed by atoms with Crippen LogP contribution >= 0.6 is 7.26 Å². The minimum Gasteiger partial charge on any atom is -1.00 e. The summed E-state index contributed by atoms with van der Waals surface area (Å²) in [5.41, 5.74) is 1.17. The van der Waals surface area contributed by atoms with E-state index < -0.39 is 7.26 Å². The SMILES string of the molecule is COc1cc(C[P+](c2ccccc2)(c2ccccc2)c2ccccc2)cc2c1OCO2.[Br-]. The third kappa shape index (κ3) is 4.01. The van der Waals surface area contributed by atoms with Crippen LogP contribution in [0.5, 0.6) is 17.2 Å². The van der Waals surface area contributed by atoms with Crippen LogP contribution in [0.3, 0.4) is 0 Å². The standard InChI is InChI=1S/C27H24O3P.BrH/c1-28-25-17-21(18-26-27(25)30-20-29-26)19-31(22-11-5-2-6-12-22,23-13-7-3-8-14-23)24-15-9-4-10-16-24;/h2-18H,19-20H2,1H3;1H/q+1;/p-1. The molecule has 0 unspecified atom stereocenters. The zero-order valence-corrected chi connectivity index (χ0v) is 20.3. The summed E-state index contributed by atoms with van der Waals surface area (Å²) < 4.78 is 17.0. The molecule has 0 bridgehead atoms. The molecule has 5 heteroatoms. The lowest BCUT2D eigenvalue weighted by Crippen LogP contribution is -3.00. The molecule has 1 aliphatic rings. The van der Waals surface area contributed by atoms with E-state index in [0.29, 0.717) is 5.75 Å². The number of hydrogen-bond acceptors (Lipinski definition) is 3. The molecule has 1 aliphatic heterocycles. The highest BCUT2D eigenvalue weighted by Gasteiger charge is 2.45. The van der Waals surface area contributed by atoms with Gasteiger partial charge in [-0.3, -0.25) is 0 Å². The third-order valence-corrected chi connectivity index (χ3v) is 10.1. The molecular formula is C27H24BrO3P. The lowest BCUT2D eigenvalue weighted by Gasteiger charge is -2.28. The zero-order valence-electron chi connectivity index (χ0n) is 17.8. The number of ether oxygens (including phenoxy) is 3. The van der Waals surface area contributed by atoms with Crippen molar-refractivity contribution in [1.82, 2.24) is 0 Å². The van der Waals surface area contributed by atoms with Crippen molar-refractivity contribution in [1.29, 1.82) is 0 Å². The van der Waals surface area contributed by atoms with Crippen molar-refractivity contribution in [2.45, 2.75) is 6.16 Å². The van der Waals surface area contributed by atoms with Crippen LogP contribution in [0.25, 0.3) is 0 Å². The lowest BCUT2D eigenvalue weighted by molar-refractivity contribution is -0.00000774. The van der Waals surface area contributed by atoms with Crippen LogP contribution in [0.15, 0.2) is 103 Å². The van der Waals surface area contributed by atoms with Crippen molar-refractivity contribution in [3.8, 4) is 17.2 Å². The van der Waals surface area contributed by atoms with E-state index >= 15 is 0 Å². The topological polar surface area (TPSA) is 27.7 Å². The molecule has 1 heterocycles. The van der Waals surface area contributed by atoms with Crippen molar-refractivity contribution in [3.05, 3.63) is 109 Å². The van der Waals surface area contributed by atoms with Gasteiger partial charge in [0.05, 0.1) is 13.3 Å². The highest BCUT2D eigenvalue weighted by molar-refractivity contribution is 7.95. The number of rotatable bonds is 6. The van der Waals surface area contributed by atoms with Gasteiger partial charge in [-0.15, -0.1) is 0 Å². The maximum absolute atomic E-state index is 5.72. The lowest BCUT2D eigenvalue weighted by atomic mass is 10.2. The molecule has 32 heavy (non-hydrogen) atoms. The Labute approximate surface area is 200 Å². The Morgan fingerprint density at radius 1 is 0.719 bits per heavy atom. The fraction of sp³-hybridized carbons (Fsp3) is 0.111. The smallest absolute Gasteiger partial charge is 0.231 e. The number of halogens is 1. The molecule has 0 atom stereocenters. The third-order valence-electron chi connectivity index (χ3n) is 5.73. The van der Waals surface area contributed by atoms with Gasteiger partial charge in [-0.1, -0.05) is 54.6 Å².